The number of carbonyl (C=O) groups excluding carboxylic acids is 1. The first-order valence-electron chi connectivity index (χ1n) is 7.62. The molecule has 5 heteroatoms. The largest absolute Gasteiger partial charge is 0.361 e. The van der Waals surface area contributed by atoms with Gasteiger partial charge in [-0.1, -0.05) is 23.4 Å². The number of anilines is 1. The number of likely N-dealkylation sites (N-methyl/N-ethyl adjacent to an activating group) is 1. The fraction of sp³-hybridized carbons (Fsp3) is 0.412. The number of likely N-dealkylation sites (tertiary alicyclic amines) is 1. The van der Waals surface area contributed by atoms with Gasteiger partial charge in [0.2, 0.25) is 5.91 Å². The van der Waals surface area contributed by atoms with E-state index in [0.717, 1.165) is 43.2 Å². The van der Waals surface area contributed by atoms with E-state index >= 15 is 0 Å². The van der Waals surface area contributed by atoms with Crippen molar-refractivity contribution in [2.24, 2.45) is 0 Å². The van der Waals surface area contributed by atoms with Crippen molar-refractivity contribution < 1.29 is 9.32 Å². The van der Waals surface area contributed by atoms with Gasteiger partial charge in [0.15, 0.2) is 0 Å². The van der Waals surface area contributed by atoms with Gasteiger partial charge in [-0.25, -0.2) is 0 Å². The molecule has 3 heterocycles. The van der Waals surface area contributed by atoms with Crippen molar-refractivity contribution in [1.29, 1.82) is 0 Å². The van der Waals surface area contributed by atoms with Crippen LogP contribution in [0.25, 0.3) is 0 Å². The van der Waals surface area contributed by atoms with E-state index in [2.05, 4.69) is 16.1 Å². The molecular formula is C17H19N3O2. The highest BCUT2D eigenvalue weighted by molar-refractivity contribution is 6.08. The average Bonchev–Trinajstić information content (AvgIpc) is 3.18. The lowest BCUT2D eigenvalue weighted by atomic mass is 9.81. The first-order chi connectivity index (χ1) is 10.6. The van der Waals surface area contributed by atoms with E-state index in [4.69, 9.17) is 4.52 Å². The Hall–Kier alpha value is -2.14. The standard InChI is InChI=1S/C17H19N3O2/c1-12-9-13(18-22-12)10-20-8-7-17(11-20)14-5-3-4-6-15(14)19(2)16(17)21/h3-6,9H,7-8,10-11H2,1-2H3. The second-order valence-electron chi connectivity index (χ2n) is 6.35. The number of aryl methyl sites for hydroxylation is 1. The smallest absolute Gasteiger partial charge is 0.238 e. The van der Waals surface area contributed by atoms with Crippen LogP contribution in [0, 0.1) is 6.92 Å². The number of amides is 1. The van der Waals surface area contributed by atoms with Crippen LogP contribution >= 0.6 is 0 Å². The van der Waals surface area contributed by atoms with Crippen molar-refractivity contribution in [3.8, 4) is 0 Å². The molecule has 2 aliphatic rings. The SMILES string of the molecule is Cc1cc(CN2CCC3(C2)C(=O)N(C)c2ccccc23)no1. The van der Waals surface area contributed by atoms with Crippen molar-refractivity contribution in [2.75, 3.05) is 25.0 Å². The van der Waals surface area contributed by atoms with E-state index in [0.29, 0.717) is 0 Å². The van der Waals surface area contributed by atoms with Gasteiger partial charge in [0.25, 0.3) is 0 Å². The third kappa shape index (κ3) is 1.82. The van der Waals surface area contributed by atoms with Gasteiger partial charge >= 0.3 is 0 Å². The maximum Gasteiger partial charge on any atom is 0.238 e. The van der Waals surface area contributed by atoms with E-state index in [9.17, 15) is 4.79 Å². The first kappa shape index (κ1) is 13.5. The van der Waals surface area contributed by atoms with Crippen LogP contribution in [0.2, 0.25) is 0 Å². The van der Waals surface area contributed by atoms with E-state index in [1.807, 2.05) is 38.2 Å². The second kappa shape index (κ2) is 4.68. The van der Waals surface area contributed by atoms with Crippen LogP contribution < -0.4 is 4.90 Å². The molecule has 0 radical (unpaired) electrons. The molecule has 1 fully saturated rings. The number of fused-ring (bicyclic) bond motifs is 2. The molecule has 2 aliphatic heterocycles. The summed E-state index contributed by atoms with van der Waals surface area (Å²) in [5.74, 6) is 1.04. The number of hydrogen-bond donors (Lipinski definition) is 0. The van der Waals surface area contributed by atoms with E-state index in [1.54, 1.807) is 4.90 Å². The maximum atomic E-state index is 12.9. The number of para-hydroxylation sites is 1. The zero-order valence-electron chi connectivity index (χ0n) is 12.9. The molecule has 0 bridgehead atoms. The Kier molecular flexibility index (Phi) is 2.87. The van der Waals surface area contributed by atoms with Crippen molar-refractivity contribution in [2.45, 2.75) is 25.3 Å². The summed E-state index contributed by atoms with van der Waals surface area (Å²) in [5.41, 5.74) is 2.76. The molecule has 1 aromatic carbocycles. The minimum absolute atomic E-state index is 0.215. The molecule has 0 aliphatic carbocycles. The van der Waals surface area contributed by atoms with Crippen LogP contribution in [-0.2, 0) is 16.8 Å². The Morgan fingerprint density at radius 2 is 2.18 bits per heavy atom. The van der Waals surface area contributed by atoms with E-state index < -0.39 is 0 Å². The van der Waals surface area contributed by atoms with Crippen LogP contribution in [0.3, 0.4) is 0 Å². The van der Waals surface area contributed by atoms with Crippen molar-refractivity contribution in [3.05, 3.63) is 47.3 Å². The molecular weight excluding hydrogens is 278 g/mol. The molecule has 2 aromatic rings. The second-order valence-corrected chi connectivity index (χ2v) is 6.35. The summed E-state index contributed by atoms with van der Waals surface area (Å²) >= 11 is 0. The zero-order valence-corrected chi connectivity index (χ0v) is 12.9. The molecule has 1 unspecified atom stereocenters. The van der Waals surface area contributed by atoms with Gasteiger partial charge in [-0.3, -0.25) is 9.69 Å². The number of benzene rings is 1. The third-order valence-corrected chi connectivity index (χ3v) is 4.91. The molecule has 5 nitrogen and oxygen atoms in total. The van der Waals surface area contributed by atoms with E-state index in [-0.39, 0.29) is 11.3 Å². The van der Waals surface area contributed by atoms with E-state index in [1.165, 1.54) is 5.56 Å². The molecule has 1 atom stereocenters. The Labute approximate surface area is 129 Å². The summed E-state index contributed by atoms with van der Waals surface area (Å²) < 4.78 is 5.13. The fourth-order valence-electron chi connectivity index (χ4n) is 3.86. The third-order valence-electron chi connectivity index (χ3n) is 4.91. The Morgan fingerprint density at radius 3 is 2.95 bits per heavy atom. The summed E-state index contributed by atoms with van der Waals surface area (Å²) in [6.45, 7) is 4.28. The fourth-order valence-corrected chi connectivity index (χ4v) is 3.86. The van der Waals surface area contributed by atoms with Gasteiger partial charge < -0.3 is 9.42 Å². The number of carbonyl (C=O) groups is 1. The van der Waals surface area contributed by atoms with Crippen LogP contribution in [-0.4, -0.2) is 36.1 Å². The van der Waals surface area contributed by atoms with Gasteiger partial charge in [0.1, 0.15) is 5.76 Å². The number of aromatic nitrogens is 1. The van der Waals surface area contributed by atoms with Crippen molar-refractivity contribution in [3.63, 3.8) is 0 Å². The maximum absolute atomic E-state index is 12.9. The zero-order chi connectivity index (χ0) is 15.3. The lowest BCUT2D eigenvalue weighted by molar-refractivity contribution is -0.122. The van der Waals surface area contributed by atoms with Gasteiger partial charge in [-0.15, -0.1) is 0 Å². The highest BCUT2D eigenvalue weighted by Gasteiger charge is 2.53. The predicted octanol–water partition coefficient (Wildman–Crippen LogP) is 2.10. The minimum atomic E-state index is -0.385. The Morgan fingerprint density at radius 1 is 1.36 bits per heavy atom. The summed E-state index contributed by atoms with van der Waals surface area (Å²) in [7, 11) is 1.87. The highest BCUT2D eigenvalue weighted by Crippen LogP contribution is 2.46. The molecule has 0 saturated carbocycles. The average molecular weight is 297 g/mol. The number of hydrogen-bond acceptors (Lipinski definition) is 4. The molecule has 1 amide bonds. The summed E-state index contributed by atoms with van der Waals surface area (Å²) in [5, 5.41) is 4.06. The number of nitrogens with zero attached hydrogens (tertiary/aromatic N) is 3. The van der Waals surface area contributed by atoms with Gasteiger partial charge in [0, 0.05) is 38.4 Å². The van der Waals surface area contributed by atoms with Gasteiger partial charge in [-0.05, 0) is 25.0 Å². The monoisotopic (exact) mass is 297 g/mol. The lowest BCUT2D eigenvalue weighted by Gasteiger charge is -2.23. The number of rotatable bonds is 2. The normalized spacial score (nSPS) is 24.5. The van der Waals surface area contributed by atoms with Gasteiger partial charge in [0.05, 0.1) is 11.1 Å². The molecule has 1 saturated heterocycles. The first-order valence-corrected chi connectivity index (χ1v) is 7.62. The van der Waals surface area contributed by atoms with Gasteiger partial charge in [-0.2, -0.15) is 0 Å². The molecule has 114 valence electrons. The predicted molar refractivity (Wildman–Crippen MR) is 82.7 cm³/mol. The molecule has 1 spiro atoms. The summed E-state index contributed by atoms with van der Waals surface area (Å²) in [6, 6.07) is 10.1. The molecule has 4 rings (SSSR count). The quantitative estimate of drug-likeness (QED) is 0.852. The molecule has 1 aromatic heterocycles. The van der Waals surface area contributed by atoms with Crippen molar-refractivity contribution >= 4 is 11.6 Å². The summed E-state index contributed by atoms with van der Waals surface area (Å²) in [6.07, 6.45) is 0.865. The molecule has 0 N–H and O–H groups in total. The lowest BCUT2D eigenvalue weighted by Crippen LogP contribution is -2.40. The van der Waals surface area contributed by atoms with Crippen LogP contribution in [0.15, 0.2) is 34.9 Å². The Bertz CT molecular complexity index is 739. The minimum Gasteiger partial charge on any atom is -0.361 e. The van der Waals surface area contributed by atoms with Crippen LogP contribution in [0.5, 0.6) is 0 Å². The highest BCUT2D eigenvalue weighted by atomic mass is 16.5. The topological polar surface area (TPSA) is 49.6 Å². The van der Waals surface area contributed by atoms with Crippen LogP contribution in [0.4, 0.5) is 5.69 Å². The summed E-state index contributed by atoms with van der Waals surface area (Å²) in [4.78, 5) is 17.0. The van der Waals surface area contributed by atoms with Crippen molar-refractivity contribution in [1.82, 2.24) is 10.1 Å². The molecule has 22 heavy (non-hydrogen) atoms. The Balaban J connectivity index is 1.62. The van der Waals surface area contributed by atoms with Crippen LogP contribution in [0.1, 0.15) is 23.4 Å².